The van der Waals surface area contributed by atoms with E-state index in [4.69, 9.17) is 18.9 Å². The van der Waals surface area contributed by atoms with Crippen LogP contribution in [0.3, 0.4) is 0 Å². The first-order valence-electron chi connectivity index (χ1n) is 19.6. The number of aryl methyl sites for hydroxylation is 1. The first-order chi connectivity index (χ1) is 27.3. The van der Waals surface area contributed by atoms with Crippen LogP contribution in [0, 0.1) is 13.8 Å². The number of methoxy groups -OCH3 is 2. The number of ether oxygens (including phenoxy) is 4. The van der Waals surface area contributed by atoms with Crippen molar-refractivity contribution in [2.24, 2.45) is 0 Å². The molecule has 1 aliphatic carbocycles. The van der Waals surface area contributed by atoms with Crippen LogP contribution in [0.1, 0.15) is 82.8 Å². The number of piperazine rings is 1. The van der Waals surface area contributed by atoms with Crippen molar-refractivity contribution in [3.05, 3.63) is 99.1 Å². The lowest BCUT2D eigenvalue weighted by Crippen LogP contribution is -2.64. The number of aromatic hydroxyl groups is 1. The van der Waals surface area contributed by atoms with Crippen LogP contribution in [0.4, 0.5) is 4.53 Å². The molecule has 9 rings (SSSR count). The fraction of sp³-hybridized carbons (Fsp3) is 0.444. The van der Waals surface area contributed by atoms with E-state index in [1.54, 1.807) is 7.11 Å². The maximum atomic E-state index is 14.1. The zero-order valence-corrected chi connectivity index (χ0v) is 34.2. The molecular formula is C45H53FN2O7S. The highest BCUT2D eigenvalue weighted by molar-refractivity contribution is 7.99. The van der Waals surface area contributed by atoms with Crippen LogP contribution in [0.5, 0.6) is 28.7 Å². The van der Waals surface area contributed by atoms with Crippen LogP contribution in [-0.4, -0.2) is 86.0 Å². The van der Waals surface area contributed by atoms with Gasteiger partial charge < -0.3 is 28.8 Å². The lowest BCUT2D eigenvalue weighted by atomic mass is 9.74. The Hall–Kier alpha value is -4.29. The number of carbonyl (C=O) groups excluding carboxylic acids is 1. The number of benzene rings is 4. The van der Waals surface area contributed by atoms with Crippen LogP contribution >= 0.6 is 11.8 Å². The number of hydrogen-bond donors (Lipinski definition) is 1. The smallest absolute Gasteiger partial charge is 0.231 e. The zero-order valence-electron chi connectivity index (χ0n) is 33.4. The Morgan fingerprint density at radius 2 is 1.64 bits per heavy atom. The Kier molecular flexibility index (Phi) is 12.2. The highest BCUT2D eigenvalue weighted by Gasteiger charge is 2.52. The topological polar surface area (TPSA) is 89.9 Å². The number of phenols is 1. The predicted molar refractivity (Wildman–Crippen MR) is 218 cm³/mol. The van der Waals surface area contributed by atoms with E-state index in [1.165, 1.54) is 29.4 Å². The third-order valence-corrected chi connectivity index (χ3v) is 13.2. The number of likely N-dealkylation sites (N-methyl/N-ethyl adjacent to an activating group) is 1. The van der Waals surface area contributed by atoms with Gasteiger partial charge in [-0.3, -0.25) is 14.7 Å². The van der Waals surface area contributed by atoms with E-state index in [1.807, 2.05) is 39.5 Å². The minimum atomic E-state index is -0.157. The minimum absolute atomic E-state index is 0.0464. The standard InChI is InChI=1S/C26H31FN2O6.C17H16OS.C2H6/c1-12-6-14-7-15-9-29-17(21(28(15)3)19(14)26(35-27)23(12)32-5)8-16-20(18(29)10-31-4)25-24(33-11-34-25)13(2)22(16)30;18-10-5-11-19-12-17-15-8-3-1-6-13(15)14-7-2-4-9-16(14)17;1-2/h6,15,17-18,21,30H,7-11H2,1-5H3;1-4,6-10,17H,5,11-12H2;1-2H3. The van der Waals surface area contributed by atoms with Gasteiger partial charge in [0.15, 0.2) is 17.2 Å². The summed E-state index contributed by atoms with van der Waals surface area (Å²) in [4.78, 5) is 19.7. The molecule has 9 nitrogen and oxygen atoms in total. The third-order valence-electron chi connectivity index (χ3n) is 12.1. The summed E-state index contributed by atoms with van der Waals surface area (Å²) in [6.07, 6.45) is 3.00. The Morgan fingerprint density at radius 3 is 2.29 bits per heavy atom. The zero-order chi connectivity index (χ0) is 39.7. The van der Waals surface area contributed by atoms with Crippen molar-refractivity contribution >= 4 is 18.0 Å². The van der Waals surface area contributed by atoms with Crippen LogP contribution in [0.15, 0.2) is 54.6 Å². The van der Waals surface area contributed by atoms with E-state index >= 15 is 0 Å². The molecule has 4 unspecified atom stereocenters. The molecule has 5 aliphatic rings. The van der Waals surface area contributed by atoms with E-state index in [0.29, 0.717) is 48.2 Å². The van der Waals surface area contributed by atoms with Crippen molar-refractivity contribution in [2.75, 3.05) is 52.7 Å². The third kappa shape index (κ3) is 6.70. The Morgan fingerprint density at radius 1 is 0.964 bits per heavy atom. The molecule has 4 heterocycles. The molecule has 0 amide bonds. The first kappa shape index (κ1) is 39.9. The fourth-order valence-corrected chi connectivity index (χ4v) is 10.7. The van der Waals surface area contributed by atoms with Crippen LogP contribution in [-0.2, 0) is 22.4 Å². The number of halogens is 1. The summed E-state index contributed by atoms with van der Waals surface area (Å²) in [5.74, 6) is 4.56. The fourth-order valence-electron chi connectivity index (χ4n) is 9.71. The summed E-state index contributed by atoms with van der Waals surface area (Å²) in [5, 5.41) is 11.3. The highest BCUT2D eigenvalue weighted by atomic mass is 32.2. The molecule has 1 N–H and O–H groups in total. The molecule has 11 heteroatoms. The second kappa shape index (κ2) is 17.1. The van der Waals surface area contributed by atoms with E-state index in [2.05, 4.69) is 76.4 Å². The Bertz CT molecular complexity index is 2030. The van der Waals surface area contributed by atoms with Crippen LogP contribution in [0.25, 0.3) is 11.1 Å². The summed E-state index contributed by atoms with van der Waals surface area (Å²) >= 11 is 1.87. The van der Waals surface area contributed by atoms with Gasteiger partial charge in [0.25, 0.3) is 0 Å². The number of thioether (sulfide) groups is 1. The molecule has 4 aromatic rings. The Balaban J connectivity index is 0.000000193. The summed E-state index contributed by atoms with van der Waals surface area (Å²) in [6.45, 7) is 9.14. The van der Waals surface area contributed by atoms with E-state index in [-0.39, 0.29) is 42.5 Å². The van der Waals surface area contributed by atoms with Crippen LogP contribution in [0.2, 0.25) is 0 Å². The van der Waals surface area contributed by atoms with Crippen molar-refractivity contribution in [3.63, 3.8) is 0 Å². The number of rotatable bonds is 9. The van der Waals surface area contributed by atoms with Gasteiger partial charge in [-0.05, 0) is 72.9 Å². The molecule has 0 radical (unpaired) electrons. The molecule has 298 valence electrons. The SMILES string of the molecule is CC.COCC1c2c(c(O)c(C)c3c2OCO3)CC2C3c4c(cc(C)c(OC)c4OF)CC(CN12)N3C.O=CCCSCC1c2ccccc2-c2ccccc21. The minimum Gasteiger partial charge on any atom is -0.507 e. The molecule has 4 atom stereocenters. The summed E-state index contributed by atoms with van der Waals surface area (Å²) in [7, 11) is 5.31. The average molecular weight is 785 g/mol. The van der Waals surface area contributed by atoms with E-state index < -0.39 is 0 Å². The first-order valence-corrected chi connectivity index (χ1v) is 20.8. The quantitative estimate of drug-likeness (QED) is 0.131. The molecule has 4 aliphatic heterocycles. The molecule has 56 heavy (non-hydrogen) atoms. The summed E-state index contributed by atoms with van der Waals surface area (Å²) < 4.78 is 37.0. The van der Waals surface area contributed by atoms with Gasteiger partial charge in [0.2, 0.25) is 12.5 Å². The number of nitrogens with zero attached hydrogens (tertiary/aromatic N) is 2. The number of hydrogen-bond acceptors (Lipinski definition) is 10. The molecule has 1 fully saturated rings. The van der Waals surface area contributed by atoms with E-state index in [9.17, 15) is 14.4 Å². The van der Waals surface area contributed by atoms with Gasteiger partial charge in [-0.2, -0.15) is 11.8 Å². The molecule has 0 saturated carbocycles. The molecule has 0 spiro atoms. The van der Waals surface area contributed by atoms with E-state index in [0.717, 1.165) is 58.6 Å². The number of fused-ring (bicyclic) bond motifs is 12. The predicted octanol–water partition coefficient (Wildman–Crippen LogP) is 8.68. The van der Waals surface area contributed by atoms with Crippen molar-refractivity contribution in [1.29, 1.82) is 0 Å². The second-order valence-electron chi connectivity index (χ2n) is 14.8. The van der Waals surface area contributed by atoms with Gasteiger partial charge in [-0.15, -0.1) is 0 Å². The van der Waals surface area contributed by atoms with Crippen molar-refractivity contribution in [3.8, 4) is 39.9 Å². The molecule has 1 saturated heterocycles. The van der Waals surface area contributed by atoms with Gasteiger partial charge in [0.05, 0.1) is 25.8 Å². The van der Waals surface area contributed by atoms with Crippen LogP contribution < -0.4 is 19.2 Å². The largest absolute Gasteiger partial charge is 0.507 e. The monoisotopic (exact) mass is 784 g/mol. The van der Waals surface area contributed by atoms with Gasteiger partial charge in [0, 0.05) is 70.6 Å². The normalized spacial score (nSPS) is 21.2. The number of phenolic OH excluding ortho intramolecular Hbond substituents is 1. The number of aldehydes is 1. The lowest BCUT2D eigenvalue weighted by molar-refractivity contribution is -0.107. The number of carbonyl (C=O) groups is 1. The van der Waals surface area contributed by atoms with Crippen molar-refractivity contribution in [2.45, 2.75) is 77.0 Å². The highest BCUT2D eigenvalue weighted by Crippen LogP contribution is 2.57. The lowest BCUT2D eigenvalue weighted by Gasteiger charge is -2.58. The second-order valence-corrected chi connectivity index (χ2v) is 16.0. The van der Waals surface area contributed by atoms with Gasteiger partial charge >= 0.3 is 0 Å². The van der Waals surface area contributed by atoms with Crippen molar-refractivity contribution < 1.29 is 38.3 Å². The van der Waals surface area contributed by atoms with Gasteiger partial charge in [0.1, 0.15) is 12.0 Å². The maximum absolute atomic E-state index is 14.1. The summed E-state index contributed by atoms with van der Waals surface area (Å²) in [5.41, 5.74) is 10.8. The Labute approximate surface area is 333 Å². The molecular weight excluding hydrogens is 732 g/mol. The van der Waals surface area contributed by atoms with Gasteiger partial charge in [-0.1, -0.05) is 68.4 Å². The van der Waals surface area contributed by atoms with Gasteiger partial charge in [-0.25, -0.2) is 0 Å². The maximum Gasteiger partial charge on any atom is 0.231 e. The summed E-state index contributed by atoms with van der Waals surface area (Å²) in [6, 6.07) is 19.3. The average Bonchev–Trinajstić information content (AvgIpc) is 3.83. The molecule has 2 bridgehead atoms. The molecule has 4 aromatic carbocycles. The molecule has 0 aromatic heterocycles. The van der Waals surface area contributed by atoms with Crippen molar-refractivity contribution in [1.82, 2.24) is 9.80 Å².